The van der Waals surface area contributed by atoms with Crippen LogP contribution in [0.4, 0.5) is 9.18 Å². The van der Waals surface area contributed by atoms with Crippen molar-refractivity contribution in [3.63, 3.8) is 0 Å². The molecule has 6 heteroatoms. The topological polar surface area (TPSA) is 46.6 Å². The van der Waals surface area contributed by atoms with Crippen molar-refractivity contribution in [3.05, 3.63) is 82.5 Å². The van der Waals surface area contributed by atoms with Crippen molar-refractivity contribution in [2.75, 3.05) is 6.61 Å². The number of halogens is 1. The minimum atomic E-state index is -0.361. The van der Waals surface area contributed by atoms with Crippen LogP contribution < -0.4 is 4.74 Å². The molecule has 1 fully saturated rings. The summed E-state index contributed by atoms with van der Waals surface area (Å²) in [5.41, 5.74) is 1.47. The molecule has 29 heavy (non-hydrogen) atoms. The van der Waals surface area contributed by atoms with Gasteiger partial charge < -0.3 is 4.74 Å². The van der Waals surface area contributed by atoms with Gasteiger partial charge in [-0.1, -0.05) is 42.5 Å². The van der Waals surface area contributed by atoms with Crippen LogP contribution in [0.3, 0.4) is 0 Å². The van der Waals surface area contributed by atoms with Gasteiger partial charge in [0, 0.05) is 5.56 Å². The van der Waals surface area contributed by atoms with E-state index in [4.69, 9.17) is 4.74 Å². The summed E-state index contributed by atoms with van der Waals surface area (Å²) in [4.78, 5) is 26.9. The lowest BCUT2D eigenvalue weighted by molar-refractivity contribution is -0.123. The van der Waals surface area contributed by atoms with Crippen LogP contribution in [0.2, 0.25) is 0 Å². The highest BCUT2D eigenvalue weighted by Crippen LogP contribution is 2.37. The van der Waals surface area contributed by atoms with Gasteiger partial charge in [0.1, 0.15) is 11.6 Å². The first-order valence-electron chi connectivity index (χ1n) is 9.21. The molecule has 4 rings (SSSR count). The zero-order valence-electron chi connectivity index (χ0n) is 15.7. The van der Waals surface area contributed by atoms with E-state index < -0.39 is 0 Å². The Bertz CT molecular complexity index is 1120. The molecule has 1 heterocycles. The average Bonchev–Trinajstić information content (AvgIpc) is 2.99. The Morgan fingerprint density at radius 3 is 2.55 bits per heavy atom. The molecule has 0 aromatic heterocycles. The van der Waals surface area contributed by atoms with Gasteiger partial charge in [-0.05, 0) is 59.3 Å². The van der Waals surface area contributed by atoms with Gasteiger partial charge in [-0.15, -0.1) is 0 Å². The van der Waals surface area contributed by atoms with Crippen molar-refractivity contribution in [1.82, 2.24) is 4.90 Å². The quantitative estimate of drug-likeness (QED) is 0.516. The highest BCUT2D eigenvalue weighted by molar-refractivity contribution is 8.18. The van der Waals surface area contributed by atoms with Crippen molar-refractivity contribution in [1.29, 1.82) is 0 Å². The number of nitrogens with zero attached hydrogens (tertiary/aromatic N) is 1. The molecule has 1 aliphatic rings. The predicted octanol–water partition coefficient (Wildman–Crippen LogP) is 5.61. The molecule has 0 unspecified atom stereocenters. The SMILES string of the molecule is CCOc1ccc2ccccc2c1C=C1SC(=O)N(Cc2ccc(F)cc2)C1=O. The fourth-order valence-electron chi connectivity index (χ4n) is 3.25. The maximum atomic E-state index is 13.1. The lowest BCUT2D eigenvalue weighted by Gasteiger charge is -2.13. The van der Waals surface area contributed by atoms with Crippen LogP contribution in [0.5, 0.6) is 5.75 Å². The van der Waals surface area contributed by atoms with Crippen LogP contribution in [0.15, 0.2) is 65.6 Å². The second kappa shape index (κ2) is 8.09. The monoisotopic (exact) mass is 407 g/mol. The number of rotatable bonds is 5. The Morgan fingerprint density at radius 1 is 1.03 bits per heavy atom. The van der Waals surface area contributed by atoms with E-state index in [1.54, 1.807) is 18.2 Å². The number of imide groups is 1. The standard InChI is InChI=1S/C23H18FNO3S/c1-2-28-20-12-9-16-5-3-4-6-18(16)19(20)13-21-22(26)25(23(27)29-21)14-15-7-10-17(24)11-8-15/h3-13H,2,14H2,1H3. The number of hydrogen-bond donors (Lipinski definition) is 0. The van der Waals surface area contributed by atoms with E-state index in [-0.39, 0.29) is 23.5 Å². The van der Waals surface area contributed by atoms with Gasteiger partial charge in [-0.25, -0.2) is 4.39 Å². The molecule has 0 saturated carbocycles. The van der Waals surface area contributed by atoms with Gasteiger partial charge in [-0.3, -0.25) is 14.5 Å². The molecule has 0 atom stereocenters. The maximum Gasteiger partial charge on any atom is 0.293 e. The number of ether oxygens (including phenoxy) is 1. The highest BCUT2D eigenvalue weighted by Gasteiger charge is 2.35. The van der Waals surface area contributed by atoms with E-state index in [0.717, 1.165) is 28.1 Å². The molecular formula is C23H18FNO3S. The summed E-state index contributed by atoms with van der Waals surface area (Å²) in [6.07, 6.45) is 1.73. The second-order valence-corrected chi connectivity index (χ2v) is 7.52. The van der Waals surface area contributed by atoms with Gasteiger partial charge in [0.15, 0.2) is 0 Å². The third-order valence-electron chi connectivity index (χ3n) is 4.63. The minimum Gasteiger partial charge on any atom is -0.493 e. The number of carbonyl (C=O) groups is 2. The van der Waals surface area contributed by atoms with Gasteiger partial charge in [0.2, 0.25) is 0 Å². The van der Waals surface area contributed by atoms with Crippen LogP contribution in [-0.2, 0) is 11.3 Å². The first kappa shape index (κ1) is 19.2. The summed E-state index contributed by atoms with van der Waals surface area (Å²) in [7, 11) is 0. The summed E-state index contributed by atoms with van der Waals surface area (Å²) in [6, 6.07) is 17.4. The number of thioether (sulfide) groups is 1. The molecule has 3 aromatic carbocycles. The first-order valence-corrected chi connectivity index (χ1v) is 10.0. The number of fused-ring (bicyclic) bond motifs is 1. The lowest BCUT2D eigenvalue weighted by atomic mass is 10.0. The summed E-state index contributed by atoms with van der Waals surface area (Å²) in [5, 5.41) is 1.63. The lowest BCUT2D eigenvalue weighted by Crippen LogP contribution is -2.27. The maximum absolute atomic E-state index is 13.1. The Labute approximate surface area is 172 Å². The normalized spacial score (nSPS) is 15.5. The highest BCUT2D eigenvalue weighted by atomic mass is 32.2. The third kappa shape index (κ3) is 3.89. The summed E-state index contributed by atoms with van der Waals surface area (Å²) in [5.74, 6) is -0.0570. The number of carbonyl (C=O) groups excluding carboxylic acids is 2. The molecular weight excluding hydrogens is 389 g/mol. The zero-order chi connectivity index (χ0) is 20.4. The first-order chi connectivity index (χ1) is 14.1. The molecule has 2 amide bonds. The predicted molar refractivity (Wildman–Crippen MR) is 113 cm³/mol. The van der Waals surface area contributed by atoms with Gasteiger partial charge in [-0.2, -0.15) is 0 Å². The van der Waals surface area contributed by atoms with E-state index in [9.17, 15) is 14.0 Å². The second-order valence-electron chi connectivity index (χ2n) is 6.53. The number of hydrogen-bond acceptors (Lipinski definition) is 4. The zero-order valence-corrected chi connectivity index (χ0v) is 16.5. The van der Waals surface area contributed by atoms with Crippen LogP contribution >= 0.6 is 11.8 Å². The molecule has 0 bridgehead atoms. The molecule has 1 saturated heterocycles. The largest absolute Gasteiger partial charge is 0.493 e. The fourth-order valence-corrected chi connectivity index (χ4v) is 4.07. The van der Waals surface area contributed by atoms with E-state index >= 15 is 0 Å². The minimum absolute atomic E-state index is 0.107. The molecule has 0 radical (unpaired) electrons. The Balaban J connectivity index is 1.70. The van der Waals surface area contributed by atoms with Crippen molar-refractivity contribution in [2.45, 2.75) is 13.5 Å². The van der Waals surface area contributed by atoms with Crippen LogP contribution in [0.25, 0.3) is 16.8 Å². The molecule has 1 aliphatic heterocycles. The van der Waals surface area contributed by atoms with Gasteiger partial charge in [0.05, 0.1) is 18.1 Å². The molecule has 0 N–H and O–H groups in total. The number of benzene rings is 3. The van der Waals surface area contributed by atoms with E-state index in [1.807, 2.05) is 43.3 Å². The van der Waals surface area contributed by atoms with E-state index in [2.05, 4.69) is 0 Å². The smallest absolute Gasteiger partial charge is 0.293 e. The van der Waals surface area contributed by atoms with Crippen molar-refractivity contribution < 1.29 is 18.7 Å². The Kier molecular flexibility index (Phi) is 5.36. The molecule has 4 nitrogen and oxygen atoms in total. The average molecular weight is 407 g/mol. The van der Waals surface area contributed by atoms with Crippen molar-refractivity contribution in [3.8, 4) is 5.75 Å². The van der Waals surface area contributed by atoms with Crippen LogP contribution in [0, 0.1) is 5.82 Å². The van der Waals surface area contributed by atoms with Crippen molar-refractivity contribution in [2.24, 2.45) is 0 Å². The Morgan fingerprint density at radius 2 is 1.79 bits per heavy atom. The fraction of sp³-hybridized carbons (Fsp3) is 0.130. The van der Waals surface area contributed by atoms with Crippen LogP contribution in [0.1, 0.15) is 18.1 Å². The summed E-state index contributed by atoms with van der Waals surface area (Å²) >= 11 is 0.903. The Hall–Kier alpha value is -3.12. The van der Waals surface area contributed by atoms with Gasteiger partial charge in [0.25, 0.3) is 11.1 Å². The van der Waals surface area contributed by atoms with E-state index in [0.29, 0.717) is 22.8 Å². The van der Waals surface area contributed by atoms with Gasteiger partial charge >= 0.3 is 0 Å². The molecule has 146 valence electrons. The van der Waals surface area contributed by atoms with E-state index in [1.165, 1.54) is 17.0 Å². The summed E-state index contributed by atoms with van der Waals surface area (Å²) in [6.45, 7) is 2.50. The van der Waals surface area contributed by atoms with Crippen molar-refractivity contribution >= 4 is 39.8 Å². The third-order valence-corrected chi connectivity index (χ3v) is 5.54. The molecule has 0 spiro atoms. The molecule has 0 aliphatic carbocycles. The summed E-state index contributed by atoms with van der Waals surface area (Å²) < 4.78 is 18.9. The molecule has 3 aromatic rings. The number of amides is 2. The van der Waals surface area contributed by atoms with Crippen LogP contribution in [-0.4, -0.2) is 22.7 Å².